The Bertz CT molecular complexity index is 316. The molecule has 0 aliphatic carbocycles. The molecule has 0 amide bonds. The molecular weight excluding hydrogens is 230 g/mol. The number of nitrogen functional groups attached to an aromatic ring is 1. The third-order valence-corrected chi connectivity index (χ3v) is 2.15. The number of halogens is 1. The number of nitrogens with one attached hydrogen (secondary N) is 1. The fourth-order valence-electron chi connectivity index (χ4n) is 1.25. The molecule has 0 saturated heterocycles. The van der Waals surface area contributed by atoms with Gasteiger partial charge in [-0.25, -0.2) is 4.98 Å². The third-order valence-electron chi connectivity index (χ3n) is 1.96. The fourth-order valence-corrected chi connectivity index (χ4v) is 1.47. The minimum atomic E-state index is -0.478. The number of hydrogen-bond donors (Lipinski definition) is 3. The number of pyridine rings is 1. The number of nitrogens with zero attached hydrogens (tertiary/aromatic N) is 1. The van der Waals surface area contributed by atoms with Gasteiger partial charge in [-0.15, -0.1) is 0 Å². The predicted octanol–water partition coefficient (Wildman–Crippen LogP) is 1.13. The highest BCUT2D eigenvalue weighted by Gasteiger charge is 2.03. The van der Waals surface area contributed by atoms with Crippen LogP contribution in [0.15, 0.2) is 12.1 Å². The van der Waals surface area contributed by atoms with Crippen molar-refractivity contribution in [3.8, 4) is 0 Å². The van der Waals surface area contributed by atoms with Crippen molar-refractivity contribution >= 4 is 23.1 Å². The first-order chi connectivity index (χ1) is 7.61. The molecule has 1 heterocycles. The maximum atomic E-state index is 9.40. The van der Waals surface area contributed by atoms with Crippen molar-refractivity contribution in [2.75, 3.05) is 31.3 Å². The van der Waals surface area contributed by atoms with Crippen LogP contribution in [0.25, 0.3) is 0 Å². The second-order valence-corrected chi connectivity index (χ2v) is 3.82. The van der Waals surface area contributed by atoms with Crippen LogP contribution < -0.4 is 11.1 Å². The lowest BCUT2D eigenvalue weighted by atomic mass is 10.2. The molecule has 0 saturated carbocycles. The zero-order chi connectivity index (χ0) is 12.0. The molecule has 6 heteroatoms. The average molecular weight is 246 g/mol. The molecule has 1 rings (SSSR count). The summed E-state index contributed by atoms with van der Waals surface area (Å²) < 4.78 is 4.81. The Hall–Kier alpha value is -1.04. The van der Waals surface area contributed by atoms with Crippen molar-refractivity contribution < 1.29 is 9.84 Å². The standard InChI is InChI=1S/C10H16ClN3O2/c1-16-6-8(15)2-3-13-10-5-7(12)4-9(11)14-10/h4-5,8,15H,2-3,6H2,1H3,(H3,12,13,14). The van der Waals surface area contributed by atoms with E-state index >= 15 is 0 Å². The van der Waals surface area contributed by atoms with E-state index < -0.39 is 6.10 Å². The fraction of sp³-hybridized carbons (Fsp3) is 0.500. The summed E-state index contributed by atoms with van der Waals surface area (Å²) in [6, 6.07) is 3.26. The van der Waals surface area contributed by atoms with Crippen molar-refractivity contribution in [1.29, 1.82) is 0 Å². The summed E-state index contributed by atoms with van der Waals surface area (Å²) in [4.78, 5) is 4.04. The van der Waals surface area contributed by atoms with E-state index in [4.69, 9.17) is 22.1 Å². The first-order valence-electron chi connectivity index (χ1n) is 4.95. The van der Waals surface area contributed by atoms with E-state index in [2.05, 4.69) is 10.3 Å². The maximum absolute atomic E-state index is 9.40. The van der Waals surface area contributed by atoms with Gasteiger partial charge in [-0.2, -0.15) is 0 Å². The van der Waals surface area contributed by atoms with Crippen LogP contribution >= 0.6 is 11.6 Å². The summed E-state index contributed by atoms with van der Waals surface area (Å²) in [6.45, 7) is 0.907. The molecule has 90 valence electrons. The molecule has 0 aromatic carbocycles. The van der Waals surface area contributed by atoms with Crippen LogP contribution in [-0.4, -0.2) is 36.5 Å². The van der Waals surface area contributed by atoms with Crippen LogP contribution in [0.3, 0.4) is 0 Å². The Kier molecular flexibility index (Phi) is 5.31. The molecular formula is C10H16ClN3O2. The molecule has 1 atom stereocenters. The molecule has 5 nitrogen and oxygen atoms in total. The normalized spacial score (nSPS) is 12.4. The largest absolute Gasteiger partial charge is 0.399 e. The molecule has 1 aromatic heterocycles. The van der Waals surface area contributed by atoms with Gasteiger partial charge in [0.15, 0.2) is 0 Å². The van der Waals surface area contributed by atoms with E-state index in [9.17, 15) is 5.11 Å². The molecule has 0 aliphatic heterocycles. The number of aromatic nitrogens is 1. The topological polar surface area (TPSA) is 80.4 Å². The Balaban J connectivity index is 2.37. The van der Waals surface area contributed by atoms with Gasteiger partial charge in [-0.1, -0.05) is 11.6 Å². The van der Waals surface area contributed by atoms with Crippen LogP contribution in [0.2, 0.25) is 5.15 Å². The highest BCUT2D eigenvalue weighted by molar-refractivity contribution is 6.29. The number of aliphatic hydroxyl groups is 1. The van der Waals surface area contributed by atoms with Crippen molar-refractivity contribution in [2.24, 2.45) is 0 Å². The lowest BCUT2D eigenvalue weighted by molar-refractivity contribution is 0.0615. The van der Waals surface area contributed by atoms with Gasteiger partial charge in [0.1, 0.15) is 11.0 Å². The summed E-state index contributed by atoms with van der Waals surface area (Å²) in [5.74, 6) is 0.606. The number of rotatable bonds is 6. The van der Waals surface area contributed by atoms with E-state index in [0.29, 0.717) is 36.2 Å². The number of aliphatic hydroxyl groups excluding tert-OH is 1. The lowest BCUT2D eigenvalue weighted by Crippen LogP contribution is -2.18. The van der Waals surface area contributed by atoms with Crippen LogP contribution in [0.1, 0.15) is 6.42 Å². The van der Waals surface area contributed by atoms with E-state index in [1.807, 2.05) is 0 Å². The second-order valence-electron chi connectivity index (χ2n) is 3.43. The first kappa shape index (κ1) is 13.0. The SMILES string of the molecule is COCC(O)CCNc1cc(N)cc(Cl)n1. The Morgan fingerprint density at radius 2 is 2.38 bits per heavy atom. The van der Waals surface area contributed by atoms with E-state index in [-0.39, 0.29) is 0 Å². The zero-order valence-electron chi connectivity index (χ0n) is 9.11. The maximum Gasteiger partial charge on any atom is 0.133 e. The first-order valence-corrected chi connectivity index (χ1v) is 5.33. The smallest absolute Gasteiger partial charge is 0.133 e. The molecule has 1 unspecified atom stereocenters. The molecule has 0 spiro atoms. The molecule has 16 heavy (non-hydrogen) atoms. The monoisotopic (exact) mass is 245 g/mol. The molecule has 0 aliphatic rings. The van der Waals surface area contributed by atoms with Gasteiger partial charge >= 0.3 is 0 Å². The van der Waals surface area contributed by atoms with Crippen molar-refractivity contribution in [1.82, 2.24) is 4.98 Å². The van der Waals surface area contributed by atoms with Gasteiger partial charge in [0.2, 0.25) is 0 Å². The van der Waals surface area contributed by atoms with E-state index in [1.54, 1.807) is 19.2 Å². The van der Waals surface area contributed by atoms with Crippen molar-refractivity contribution in [2.45, 2.75) is 12.5 Å². The summed E-state index contributed by atoms with van der Waals surface area (Å²) in [5.41, 5.74) is 6.16. The second kappa shape index (κ2) is 6.52. The average Bonchev–Trinajstić information content (AvgIpc) is 2.16. The van der Waals surface area contributed by atoms with E-state index in [0.717, 1.165) is 0 Å². The Labute approximate surface area is 99.6 Å². The van der Waals surface area contributed by atoms with Crippen LogP contribution in [0.4, 0.5) is 11.5 Å². The van der Waals surface area contributed by atoms with Gasteiger partial charge in [-0.05, 0) is 12.5 Å². The third kappa shape index (κ3) is 4.65. The predicted molar refractivity (Wildman–Crippen MR) is 64.6 cm³/mol. The number of anilines is 2. The molecule has 0 radical (unpaired) electrons. The number of hydrogen-bond acceptors (Lipinski definition) is 5. The summed E-state index contributed by atoms with van der Waals surface area (Å²) in [6.07, 6.45) is 0.0936. The Morgan fingerprint density at radius 3 is 3.00 bits per heavy atom. The van der Waals surface area contributed by atoms with E-state index in [1.165, 1.54) is 0 Å². The summed E-state index contributed by atoms with van der Waals surface area (Å²) in [7, 11) is 1.55. The quantitative estimate of drug-likeness (QED) is 0.655. The summed E-state index contributed by atoms with van der Waals surface area (Å²) in [5, 5.41) is 12.8. The van der Waals surface area contributed by atoms with Crippen molar-refractivity contribution in [3.05, 3.63) is 17.3 Å². The van der Waals surface area contributed by atoms with Gasteiger partial charge in [-0.3, -0.25) is 0 Å². The number of nitrogens with two attached hydrogens (primary N) is 1. The van der Waals surface area contributed by atoms with Crippen LogP contribution in [-0.2, 0) is 4.74 Å². The minimum Gasteiger partial charge on any atom is -0.399 e. The van der Waals surface area contributed by atoms with Gasteiger partial charge in [0.05, 0.1) is 12.7 Å². The molecule has 0 bridgehead atoms. The van der Waals surface area contributed by atoms with Crippen LogP contribution in [0, 0.1) is 0 Å². The van der Waals surface area contributed by atoms with Crippen LogP contribution in [0.5, 0.6) is 0 Å². The number of methoxy groups -OCH3 is 1. The van der Waals surface area contributed by atoms with Gasteiger partial charge in [0.25, 0.3) is 0 Å². The van der Waals surface area contributed by atoms with Crippen molar-refractivity contribution in [3.63, 3.8) is 0 Å². The minimum absolute atomic E-state index is 0.326. The summed E-state index contributed by atoms with van der Waals surface area (Å²) >= 11 is 5.74. The zero-order valence-corrected chi connectivity index (χ0v) is 9.87. The highest BCUT2D eigenvalue weighted by atomic mass is 35.5. The molecule has 0 fully saturated rings. The number of ether oxygens (including phenoxy) is 1. The van der Waals surface area contributed by atoms with Gasteiger partial charge < -0.3 is 20.9 Å². The molecule has 4 N–H and O–H groups in total. The highest BCUT2D eigenvalue weighted by Crippen LogP contribution is 2.15. The Morgan fingerprint density at radius 1 is 1.62 bits per heavy atom. The van der Waals surface area contributed by atoms with Gasteiger partial charge in [0, 0.05) is 25.4 Å². The lowest BCUT2D eigenvalue weighted by Gasteiger charge is -2.10. The molecule has 1 aromatic rings.